The molecule has 2 unspecified atom stereocenters. The molecule has 100 valence electrons. The van der Waals surface area contributed by atoms with Gasteiger partial charge >= 0.3 is 0 Å². The Kier molecular flexibility index (Phi) is 4.03. The lowest BCUT2D eigenvalue weighted by Gasteiger charge is -2.40. The first kappa shape index (κ1) is 13.4. The number of benzene rings is 1. The first-order valence-corrected chi connectivity index (χ1v) is 6.43. The van der Waals surface area contributed by atoms with Crippen molar-refractivity contribution in [3.05, 3.63) is 29.8 Å². The van der Waals surface area contributed by atoms with Gasteiger partial charge in [0.15, 0.2) is 0 Å². The largest absolute Gasteiger partial charge is 0.356 e. The number of amides is 1. The molecule has 1 heterocycles. The second-order valence-corrected chi connectivity index (χ2v) is 4.78. The fraction of sp³-hybridized carbons (Fsp3) is 0.429. The van der Waals surface area contributed by atoms with Gasteiger partial charge in [0.1, 0.15) is 12.1 Å². The van der Waals surface area contributed by atoms with E-state index < -0.39 is 0 Å². The van der Waals surface area contributed by atoms with E-state index >= 15 is 0 Å². The second-order valence-electron chi connectivity index (χ2n) is 4.78. The number of hydrogen-bond donors (Lipinski definition) is 2. The van der Waals surface area contributed by atoms with Gasteiger partial charge in [0.2, 0.25) is 5.91 Å². The van der Waals surface area contributed by atoms with Crippen molar-refractivity contribution < 1.29 is 4.79 Å². The topological polar surface area (TPSA) is 82.2 Å². The molecule has 0 aliphatic carbocycles. The van der Waals surface area contributed by atoms with Crippen molar-refractivity contribution in [2.75, 3.05) is 18.0 Å². The van der Waals surface area contributed by atoms with E-state index in [9.17, 15) is 10.1 Å². The number of carbonyl (C=O) groups excluding carboxylic acids is 1. The SMILES string of the molecule is CC1CN(c2ccccc2C#N)C(CCN)C(=O)N1. The van der Waals surface area contributed by atoms with Crippen molar-refractivity contribution in [2.45, 2.75) is 25.4 Å². The van der Waals surface area contributed by atoms with Crippen LogP contribution in [0.1, 0.15) is 18.9 Å². The number of nitrogens with one attached hydrogen (secondary N) is 1. The van der Waals surface area contributed by atoms with Crippen LogP contribution in [0.4, 0.5) is 5.69 Å². The highest BCUT2D eigenvalue weighted by molar-refractivity contribution is 5.87. The van der Waals surface area contributed by atoms with Gasteiger partial charge in [-0.3, -0.25) is 4.79 Å². The molecule has 2 atom stereocenters. The van der Waals surface area contributed by atoms with Gasteiger partial charge in [-0.25, -0.2) is 0 Å². The summed E-state index contributed by atoms with van der Waals surface area (Å²) in [5.74, 6) is -0.0167. The number of piperazine rings is 1. The maximum Gasteiger partial charge on any atom is 0.243 e. The van der Waals surface area contributed by atoms with Gasteiger partial charge in [-0.2, -0.15) is 5.26 Å². The molecule has 0 saturated carbocycles. The minimum absolute atomic E-state index is 0.0167. The predicted octanol–water partition coefficient (Wildman–Crippen LogP) is 0.600. The number of nitrogens with two attached hydrogens (primary N) is 1. The summed E-state index contributed by atoms with van der Waals surface area (Å²) in [5.41, 5.74) is 7.00. The lowest BCUT2D eigenvalue weighted by atomic mass is 10.0. The summed E-state index contributed by atoms with van der Waals surface area (Å²) in [4.78, 5) is 14.1. The standard InChI is InChI=1S/C14H18N4O/c1-10-9-18(13(6-7-15)14(19)17-10)12-5-3-2-4-11(12)8-16/h2-5,10,13H,6-7,9,15H2,1H3,(H,17,19). The Balaban J connectivity index is 2.38. The van der Waals surface area contributed by atoms with Crippen molar-refractivity contribution in [1.82, 2.24) is 5.32 Å². The van der Waals surface area contributed by atoms with E-state index in [2.05, 4.69) is 11.4 Å². The van der Waals surface area contributed by atoms with E-state index in [1.165, 1.54) is 0 Å². The molecule has 1 aromatic carbocycles. The van der Waals surface area contributed by atoms with Crippen LogP contribution < -0.4 is 16.0 Å². The van der Waals surface area contributed by atoms with Gasteiger partial charge in [-0.05, 0) is 32.0 Å². The molecule has 1 fully saturated rings. The summed E-state index contributed by atoms with van der Waals surface area (Å²) in [6, 6.07) is 9.31. The van der Waals surface area contributed by atoms with E-state index in [-0.39, 0.29) is 18.0 Å². The average molecular weight is 258 g/mol. The molecule has 0 spiro atoms. The molecule has 5 nitrogen and oxygen atoms in total. The van der Waals surface area contributed by atoms with E-state index in [1.54, 1.807) is 6.07 Å². The van der Waals surface area contributed by atoms with Crippen molar-refractivity contribution in [3.63, 3.8) is 0 Å². The summed E-state index contributed by atoms with van der Waals surface area (Å²) >= 11 is 0. The lowest BCUT2D eigenvalue weighted by Crippen LogP contribution is -2.60. The summed E-state index contributed by atoms with van der Waals surface area (Å²) in [7, 11) is 0. The van der Waals surface area contributed by atoms with Crippen molar-refractivity contribution in [2.24, 2.45) is 5.73 Å². The van der Waals surface area contributed by atoms with Crippen molar-refractivity contribution >= 4 is 11.6 Å². The van der Waals surface area contributed by atoms with Gasteiger partial charge in [0.05, 0.1) is 11.3 Å². The van der Waals surface area contributed by atoms with Crippen LogP contribution in [0.2, 0.25) is 0 Å². The van der Waals surface area contributed by atoms with Crippen LogP contribution in [0, 0.1) is 11.3 Å². The lowest BCUT2D eigenvalue weighted by molar-refractivity contribution is -0.124. The van der Waals surface area contributed by atoms with E-state index in [4.69, 9.17) is 5.73 Å². The van der Waals surface area contributed by atoms with E-state index in [0.29, 0.717) is 25.1 Å². The minimum Gasteiger partial charge on any atom is -0.356 e. The van der Waals surface area contributed by atoms with Gasteiger partial charge in [-0.1, -0.05) is 12.1 Å². The quantitative estimate of drug-likeness (QED) is 0.831. The predicted molar refractivity (Wildman–Crippen MR) is 73.6 cm³/mol. The highest BCUT2D eigenvalue weighted by Gasteiger charge is 2.33. The van der Waals surface area contributed by atoms with Crippen molar-refractivity contribution in [3.8, 4) is 6.07 Å². The number of rotatable bonds is 3. The molecule has 1 amide bonds. The molecule has 0 bridgehead atoms. The van der Waals surface area contributed by atoms with Crippen LogP contribution >= 0.6 is 0 Å². The summed E-state index contributed by atoms with van der Waals surface area (Å²) in [6.07, 6.45) is 0.582. The van der Waals surface area contributed by atoms with Crippen LogP contribution in [0.5, 0.6) is 0 Å². The summed E-state index contributed by atoms with van der Waals surface area (Å²) < 4.78 is 0. The van der Waals surface area contributed by atoms with Gasteiger partial charge in [0.25, 0.3) is 0 Å². The van der Waals surface area contributed by atoms with E-state index in [0.717, 1.165) is 5.69 Å². The normalized spacial score (nSPS) is 22.8. The molecule has 2 rings (SSSR count). The highest BCUT2D eigenvalue weighted by atomic mass is 16.2. The zero-order valence-electron chi connectivity index (χ0n) is 11.0. The molecule has 1 aliphatic heterocycles. The first-order valence-electron chi connectivity index (χ1n) is 6.43. The third-order valence-corrected chi connectivity index (χ3v) is 3.31. The molecule has 3 N–H and O–H groups in total. The van der Waals surface area contributed by atoms with E-state index in [1.807, 2.05) is 30.0 Å². The molecule has 5 heteroatoms. The van der Waals surface area contributed by atoms with Crippen LogP contribution in [0.25, 0.3) is 0 Å². The Labute approximate surface area is 113 Å². The number of nitriles is 1. The summed E-state index contributed by atoms with van der Waals surface area (Å²) in [5, 5.41) is 12.1. The molecular weight excluding hydrogens is 240 g/mol. The van der Waals surface area contributed by atoms with Crippen LogP contribution in [0.15, 0.2) is 24.3 Å². The molecule has 1 aromatic rings. The second kappa shape index (κ2) is 5.72. The zero-order valence-corrected chi connectivity index (χ0v) is 11.0. The number of para-hydroxylation sites is 1. The van der Waals surface area contributed by atoms with Crippen LogP contribution in [0.3, 0.4) is 0 Å². The first-order chi connectivity index (χ1) is 9.17. The fourth-order valence-electron chi connectivity index (χ4n) is 2.48. The maximum atomic E-state index is 12.1. The van der Waals surface area contributed by atoms with Gasteiger partial charge < -0.3 is 16.0 Å². The summed E-state index contributed by atoms with van der Waals surface area (Å²) in [6.45, 7) is 3.09. The smallest absolute Gasteiger partial charge is 0.243 e. The van der Waals surface area contributed by atoms with Gasteiger partial charge in [0, 0.05) is 12.6 Å². The molecule has 0 aromatic heterocycles. The molecule has 1 aliphatic rings. The monoisotopic (exact) mass is 258 g/mol. The number of carbonyl (C=O) groups is 1. The zero-order chi connectivity index (χ0) is 13.8. The third kappa shape index (κ3) is 2.69. The number of hydrogen-bond acceptors (Lipinski definition) is 4. The van der Waals surface area contributed by atoms with Gasteiger partial charge in [-0.15, -0.1) is 0 Å². The van der Waals surface area contributed by atoms with Crippen LogP contribution in [-0.2, 0) is 4.79 Å². The maximum absolute atomic E-state index is 12.1. The Hall–Kier alpha value is -2.06. The Bertz CT molecular complexity index is 508. The number of anilines is 1. The molecule has 0 radical (unpaired) electrons. The molecular formula is C14H18N4O. The third-order valence-electron chi connectivity index (χ3n) is 3.31. The Morgan fingerprint density at radius 2 is 2.26 bits per heavy atom. The molecule has 19 heavy (non-hydrogen) atoms. The number of nitrogens with zero attached hydrogens (tertiary/aromatic N) is 2. The highest BCUT2D eigenvalue weighted by Crippen LogP contribution is 2.25. The minimum atomic E-state index is -0.296. The van der Waals surface area contributed by atoms with Crippen LogP contribution in [-0.4, -0.2) is 31.1 Å². The van der Waals surface area contributed by atoms with Crippen molar-refractivity contribution in [1.29, 1.82) is 5.26 Å². The fourth-order valence-corrected chi connectivity index (χ4v) is 2.48. The average Bonchev–Trinajstić information content (AvgIpc) is 2.41. The Morgan fingerprint density at radius 1 is 1.53 bits per heavy atom. The molecule has 1 saturated heterocycles. The Morgan fingerprint density at radius 3 is 2.95 bits per heavy atom.